The van der Waals surface area contributed by atoms with Crippen LogP contribution in [0.4, 0.5) is 8.78 Å². The Bertz CT molecular complexity index is 463. The SMILES string of the molecule is O=C(c1ccc(F)c(F)c1)N(CCCCl)C1CCC1. The van der Waals surface area contributed by atoms with E-state index in [0.717, 1.165) is 31.4 Å². The summed E-state index contributed by atoms with van der Waals surface area (Å²) in [6.07, 6.45) is 3.75. The van der Waals surface area contributed by atoms with Gasteiger partial charge in [-0.2, -0.15) is 0 Å². The lowest BCUT2D eigenvalue weighted by Crippen LogP contribution is -2.44. The second kappa shape index (κ2) is 6.33. The fraction of sp³-hybridized carbons (Fsp3) is 0.500. The zero-order valence-electron chi connectivity index (χ0n) is 10.5. The van der Waals surface area contributed by atoms with Gasteiger partial charge in [0, 0.05) is 24.0 Å². The first-order chi connectivity index (χ1) is 9.13. The van der Waals surface area contributed by atoms with Crippen molar-refractivity contribution < 1.29 is 13.6 Å². The molecule has 104 valence electrons. The molecular formula is C14H16ClF2NO. The molecule has 0 N–H and O–H groups in total. The lowest BCUT2D eigenvalue weighted by atomic mass is 9.91. The van der Waals surface area contributed by atoms with Gasteiger partial charge in [0.15, 0.2) is 11.6 Å². The van der Waals surface area contributed by atoms with Crippen LogP contribution < -0.4 is 0 Å². The van der Waals surface area contributed by atoms with Crippen molar-refractivity contribution in [2.75, 3.05) is 12.4 Å². The lowest BCUT2D eigenvalue weighted by Gasteiger charge is -2.37. The maximum Gasteiger partial charge on any atom is 0.254 e. The number of hydrogen-bond donors (Lipinski definition) is 0. The van der Waals surface area contributed by atoms with Crippen LogP contribution in [-0.4, -0.2) is 29.3 Å². The largest absolute Gasteiger partial charge is 0.336 e. The number of halogens is 3. The number of carbonyl (C=O) groups is 1. The predicted molar refractivity (Wildman–Crippen MR) is 70.4 cm³/mol. The Morgan fingerprint density at radius 1 is 1.32 bits per heavy atom. The molecular weight excluding hydrogens is 272 g/mol. The molecule has 1 amide bonds. The molecule has 5 heteroatoms. The van der Waals surface area contributed by atoms with Gasteiger partial charge in [0.05, 0.1) is 0 Å². The molecule has 1 aromatic rings. The van der Waals surface area contributed by atoms with Crippen LogP contribution in [0.3, 0.4) is 0 Å². The molecule has 2 nitrogen and oxygen atoms in total. The van der Waals surface area contributed by atoms with Crippen molar-refractivity contribution in [2.45, 2.75) is 31.7 Å². The predicted octanol–water partition coefficient (Wildman–Crippen LogP) is 3.59. The fourth-order valence-corrected chi connectivity index (χ4v) is 2.29. The van der Waals surface area contributed by atoms with Gasteiger partial charge < -0.3 is 4.90 Å². The van der Waals surface area contributed by atoms with E-state index in [9.17, 15) is 13.6 Å². The van der Waals surface area contributed by atoms with Crippen molar-refractivity contribution >= 4 is 17.5 Å². The van der Waals surface area contributed by atoms with Gasteiger partial charge in [0.2, 0.25) is 0 Å². The van der Waals surface area contributed by atoms with E-state index in [1.807, 2.05) is 0 Å². The van der Waals surface area contributed by atoms with E-state index in [-0.39, 0.29) is 17.5 Å². The number of hydrogen-bond acceptors (Lipinski definition) is 1. The summed E-state index contributed by atoms with van der Waals surface area (Å²) in [6, 6.07) is 3.49. The molecule has 19 heavy (non-hydrogen) atoms. The van der Waals surface area contributed by atoms with E-state index in [1.165, 1.54) is 6.07 Å². The summed E-state index contributed by atoms with van der Waals surface area (Å²) >= 11 is 5.66. The van der Waals surface area contributed by atoms with Crippen molar-refractivity contribution in [3.8, 4) is 0 Å². The van der Waals surface area contributed by atoms with E-state index in [4.69, 9.17) is 11.6 Å². The Labute approximate surface area is 116 Å². The Morgan fingerprint density at radius 2 is 2.05 bits per heavy atom. The van der Waals surface area contributed by atoms with E-state index in [1.54, 1.807) is 4.90 Å². The van der Waals surface area contributed by atoms with Gasteiger partial charge in [-0.15, -0.1) is 11.6 Å². The maximum atomic E-state index is 13.2. The number of carbonyl (C=O) groups excluding carboxylic acids is 1. The summed E-state index contributed by atoms with van der Waals surface area (Å²) in [7, 11) is 0. The van der Waals surface area contributed by atoms with Crippen LogP contribution in [-0.2, 0) is 0 Å². The molecule has 0 radical (unpaired) electrons. The normalized spacial score (nSPS) is 15.1. The molecule has 0 heterocycles. The number of alkyl halides is 1. The smallest absolute Gasteiger partial charge is 0.254 e. The zero-order chi connectivity index (χ0) is 13.8. The molecule has 0 aliphatic heterocycles. The average molecular weight is 288 g/mol. The van der Waals surface area contributed by atoms with Crippen LogP contribution >= 0.6 is 11.6 Å². The highest BCUT2D eigenvalue weighted by molar-refractivity contribution is 6.17. The number of nitrogens with zero attached hydrogens (tertiary/aromatic N) is 1. The molecule has 1 saturated carbocycles. The third kappa shape index (κ3) is 3.24. The highest BCUT2D eigenvalue weighted by Gasteiger charge is 2.29. The van der Waals surface area contributed by atoms with E-state index in [0.29, 0.717) is 18.8 Å². The molecule has 1 fully saturated rings. The van der Waals surface area contributed by atoms with Crippen LogP contribution in [0.15, 0.2) is 18.2 Å². The van der Waals surface area contributed by atoms with Crippen LogP contribution in [0.1, 0.15) is 36.0 Å². The number of amides is 1. The molecule has 0 atom stereocenters. The summed E-state index contributed by atoms with van der Waals surface area (Å²) in [4.78, 5) is 14.1. The van der Waals surface area contributed by atoms with Gasteiger partial charge in [0.25, 0.3) is 5.91 Å². The first kappa shape index (κ1) is 14.3. The summed E-state index contributed by atoms with van der Waals surface area (Å²) in [6.45, 7) is 0.562. The van der Waals surface area contributed by atoms with Crippen molar-refractivity contribution in [2.24, 2.45) is 0 Å². The summed E-state index contributed by atoms with van der Waals surface area (Å²) < 4.78 is 26.1. The third-order valence-corrected chi connectivity index (χ3v) is 3.74. The van der Waals surface area contributed by atoms with Crippen LogP contribution in [0.2, 0.25) is 0 Å². The van der Waals surface area contributed by atoms with Crippen molar-refractivity contribution in [1.82, 2.24) is 4.90 Å². The quantitative estimate of drug-likeness (QED) is 0.758. The second-order valence-corrected chi connectivity index (χ2v) is 5.13. The van der Waals surface area contributed by atoms with Gasteiger partial charge in [-0.1, -0.05) is 0 Å². The van der Waals surface area contributed by atoms with Gasteiger partial charge in [-0.25, -0.2) is 8.78 Å². The molecule has 0 bridgehead atoms. The van der Waals surface area contributed by atoms with Gasteiger partial charge in [-0.05, 0) is 43.9 Å². The average Bonchev–Trinajstić information content (AvgIpc) is 2.34. The van der Waals surface area contributed by atoms with E-state index in [2.05, 4.69) is 0 Å². The van der Waals surface area contributed by atoms with E-state index < -0.39 is 11.6 Å². The summed E-state index contributed by atoms with van der Waals surface area (Å²) in [5.41, 5.74) is 0.195. The minimum atomic E-state index is -0.989. The zero-order valence-corrected chi connectivity index (χ0v) is 11.3. The molecule has 0 unspecified atom stereocenters. The first-order valence-electron chi connectivity index (χ1n) is 6.45. The van der Waals surface area contributed by atoms with Crippen LogP contribution in [0.5, 0.6) is 0 Å². The Balaban J connectivity index is 2.15. The molecule has 0 aromatic heterocycles. The first-order valence-corrected chi connectivity index (χ1v) is 6.99. The molecule has 1 aliphatic carbocycles. The van der Waals surface area contributed by atoms with Crippen molar-refractivity contribution in [3.63, 3.8) is 0 Å². The Hall–Kier alpha value is -1.16. The van der Waals surface area contributed by atoms with Gasteiger partial charge in [0.1, 0.15) is 0 Å². The molecule has 1 aliphatic rings. The lowest BCUT2D eigenvalue weighted by molar-refractivity contribution is 0.0580. The molecule has 0 spiro atoms. The minimum absolute atomic E-state index is 0.195. The van der Waals surface area contributed by atoms with Gasteiger partial charge in [-0.3, -0.25) is 4.79 Å². The third-order valence-electron chi connectivity index (χ3n) is 3.48. The van der Waals surface area contributed by atoms with Crippen LogP contribution in [0.25, 0.3) is 0 Å². The standard InChI is InChI=1S/C14H16ClF2NO/c15-7-2-8-18(11-3-1-4-11)14(19)10-5-6-12(16)13(17)9-10/h5-6,9,11H,1-4,7-8H2. The molecule has 0 saturated heterocycles. The van der Waals surface area contributed by atoms with E-state index >= 15 is 0 Å². The fourth-order valence-electron chi connectivity index (χ4n) is 2.17. The topological polar surface area (TPSA) is 20.3 Å². The summed E-state index contributed by atoms with van der Waals surface area (Å²) in [5.74, 6) is -1.69. The number of rotatable bonds is 5. The monoisotopic (exact) mass is 287 g/mol. The Morgan fingerprint density at radius 3 is 2.58 bits per heavy atom. The maximum absolute atomic E-state index is 13.2. The van der Waals surface area contributed by atoms with Crippen LogP contribution in [0, 0.1) is 11.6 Å². The minimum Gasteiger partial charge on any atom is -0.336 e. The highest BCUT2D eigenvalue weighted by atomic mass is 35.5. The highest BCUT2D eigenvalue weighted by Crippen LogP contribution is 2.26. The number of benzene rings is 1. The molecule has 1 aromatic carbocycles. The summed E-state index contributed by atoms with van der Waals surface area (Å²) in [5, 5.41) is 0. The molecule has 2 rings (SSSR count). The van der Waals surface area contributed by atoms with Crippen molar-refractivity contribution in [1.29, 1.82) is 0 Å². The Kier molecular flexibility index (Phi) is 4.75. The van der Waals surface area contributed by atoms with Gasteiger partial charge >= 0.3 is 0 Å². The van der Waals surface area contributed by atoms with Crippen molar-refractivity contribution in [3.05, 3.63) is 35.4 Å². The second-order valence-electron chi connectivity index (χ2n) is 4.75.